The number of aryl methyl sites for hydroxylation is 2. The lowest BCUT2D eigenvalue weighted by atomic mass is 10.1. The minimum atomic E-state index is -0.982. The Labute approximate surface area is 191 Å². The van der Waals surface area contributed by atoms with Crippen LogP contribution in [0.5, 0.6) is 0 Å². The number of nitrogens with one attached hydrogen (secondary N) is 2. The molecule has 9 heteroatoms. The summed E-state index contributed by atoms with van der Waals surface area (Å²) in [7, 11) is 3.30. The van der Waals surface area contributed by atoms with Gasteiger partial charge in [-0.3, -0.25) is 14.3 Å². The van der Waals surface area contributed by atoms with Gasteiger partial charge < -0.3 is 4.98 Å². The number of pyridine rings is 1. The number of rotatable bonds is 9. The zero-order valence-corrected chi connectivity index (χ0v) is 18.8. The first-order chi connectivity index (χ1) is 15.6. The van der Waals surface area contributed by atoms with Gasteiger partial charge in [0, 0.05) is 41.5 Å². The van der Waals surface area contributed by atoms with E-state index in [0.29, 0.717) is 12.3 Å². The summed E-state index contributed by atoms with van der Waals surface area (Å²) < 4.78 is 16.6. The van der Waals surface area contributed by atoms with E-state index in [1.54, 1.807) is 21.6 Å². The fourth-order valence-electron chi connectivity index (χ4n) is 3.19. The van der Waals surface area contributed by atoms with E-state index in [9.17, 15) is 14.0 Å². The van der Waals surface area contributed by atoms with Crippen LogP contribution in [-0.4, -0.2) is 26.0 Å². The molecule has 6 nitrogen and oxygen atoms in total. The fourth-order valence-corrected chi connectivity index (χ4v) is 5.14. The first-order valence-corrected chi connectivity index (χ1v) is 12.6. The minimum Gasteiger partial charge on any atom is -0.361 e. The average Bonchev–Trinajstić information content (AvgIpc) is 3.22. The molecule has 3 aromatic heterocycles. The Morgan fingerprint density at radius 3 is 2.66 bits per heavy atom. The van der Waals surface area contributed by atoms with E-state index in [0.717, 1.165) is 35.1 Å². The molecular weight excluding hydrogens is 447 g/mol. The van der Waals surface area contributed by atoms with Crippen molar-refractivity contribution in [1.82, 2.24) is 14.5 Å². The summed E-state index contributed by atoms with van der Waals surface area (Å²) in [6.07, 6.45) is 11.3. The molecule has 32 heavy (non-hydrogen) atoms. The summed E-state index contributed by atoms with van der Waals surface area (Å²) in [5.74, 6) is 0.589. The number of benzene rings is 1. The number of hydrogen-bond donors (Lipinski definition) is 2. The third-order valence-corrected chi connectivity index (χ3v) is 7.26. The Bertz CT molecular complexity index is 1340. The van der Waals surface area contributed by atoms with Gasteiger partial charge in [0.15, 0.2) is 18.9 Å². The van der Waals surface area contributed by atoms with Gasteiger partial charge in [0.25, 0.3) is 5.56 Å². The molecule has 0 atom stereocenters. The second-order valence-corrected chi connectivity index (χ2v) is 9.77. The zero-order valence-electron chi connectivity index (χ0n) is 17.2. The Balaban J connectivity index is 1.21. The molecule has 4 aromatic rings. The van der Waals surface area contributed by atoms with Gasteiger partial charge in [0.2, 0.25) is 5.82 Å². The highest BCUT2D eigenvalue weighted by atomic mass is 33.1. The maximum atomic E-state index is 13.3. The summed E-state index contributed by atoms with van der Waals surface area (Å²) >= 11 is 0. The van der Waals surface area contributed by atoms with Gasteiger partial charge in [-0.1, -0.05) is 51.9 Å². The van der Waals surface area contributed by atoms with Gasteiger partial charge in [-0.25, -0.2) is 9.36 Å². The number of aromatic amines is 2. The first kappa shape index (κ1) is 22.2. The Morgan fingerprint density at radius 2 is 1.81 bits per heavy atom. The molecule has 0 spiro atoms. The van der Waals surface area contributed by atoms with Crippen LogP contribution in [-0.2, 0) is 13.1 Å². The molecule has 164 valence electrons. The van der Waals surface area contributed by atoms with Crippen LogP contribution in [0.1, 0.15) is 11.1 Å². The highest BCUT2D eigenvalue weighted by Crippen LogP contribution is 2.21. The molecule has 0 amide bonds. The summed E-state index contributed by atoms with van der Waals surface area (Å²) in [4.78, 5) is 27.9. The van der Waals surface area contributed by atoms with E-state index in [2.05, 4.69) is 58.4 Å². The topological polar surface area (TPSA) is 74.5 Å². The monoisotopic (exact) mass is 469 g/mol. The second-order valence-electron chi connectivity index (χ2n) is 7.07. The van der Waals surface area contributed by atoms with Gasteiger partial charge >= 0.3 is 5.69 Å². The predicted molar refractivity (Wildman–Crippen MR) is 130 cm³/mol. The Hall–Kier alpha value is -3.04. The molecule has 0 aliphatic rings. The molecule has 0 aliphatic heterocycles. The second kappa shape index (κ2) is 10.5. The number of halogens is 1. The minimum absolute atomic E-state index is 0.342. The van der Waals surface area contributed by atoms with Crippen LogP contribution < -0.4 is 15.8 Å². The van der Waals surface area contributed by atoms with Crippen LogP contribution in [0, 0.1) is 5.82 Å². The average molecular weight is 470 g/mol. The molecule has 0 unspecified atom stereocenters. The van der Waals surface area contributed by atoms with E-state index >= 15 is 0 Å². The number of hydrogen-bond acceptors (Lipinski definition) is 4. The third kappa shape index (κ3) is 5.60. The van der Waals surface area contributed by atoms with Gasteiger partial charge in [0.05, 0.1) is 11.9 Å². The van der Waals surface area contributed by atoms with Crippen LogP contribution in [0.3, 0.4) is 0 Å². The van der Waals surface area contributed by atoms with Crippen LogP contribution in [0.2, 0.25) is 0 Å². The predicted octanol–water partition coefficient (Wildman–Crippen LogP) is 3.70. The maximum Gasteiger partial charge on any atom is 0.328 e. The van der Waals surface area contributed by atoms with Crippen molar-refractivity contribution in [2.45, 2.75) is 13.1 Å². The number of nitrogens with zero attached hydrogens (tertiary/aromatic N) is 2. The lowest BCUT2D eigenvalue weighted by molar-refractivity contribution is -0.692. The maximum absolute atomic E-state index is 13.3. The number of H-pyrrole nitrogens is 2. The summed E-state index contributed by atoms with van der Waals surface area (Å²) in [6, 6.07) is 12.4. The SMILES string of the molecule is O=c1[nH]c(=O)n(CCSSCC[n+]2ccc(C=Cc3c[nH]c4ccccc34)cc2)cc1F. The molecule has 0 saturated carbocycles. The van der Waals surface area contributed by atoms with Gasteiger partial charge in [-0.2, -0.15) is 4.39 Å². The summed E-state index contributed by atoms with van der Waals surface area (Å²) in [5.41, 5.74) is 1.86. The van der Waals surface area contributed by atoms with Gasteiger partial charge in [-0.05, 0) is 17.2 Å². The van der Waals surface area contributed by atoms with Gasteiger partial charge in [-0.15, -0.1) is 0 Å². The normalized spacial score (nSPS) is 11.5. The van der Waals surface area contributed by atoms with Crippen molar-refractivity contribution in [3.05, 3.63) is 99.0 Å². The van der Waals surface area contributed by atoms with Crippen molar-refractivity contribution in [2.75, 3.05) is 11.5 Å². The highest BCUT2D eigenvalue weighted by Gasteiger charge is 2.05. The molecule has 0 saturated heterocycles. The van der Waals surface area contributed by atoms with E-state index in [-0.39, 0.29) is 0 Å². The molecule has 1 aromatic carbocycles. The van der Waals surface area contributed by atoms with E-state index in [1.807, 2.05) is 23.3 Å². The quantitative estimate of drug-likeness (QED) is 0.223. The van der Waals surface area contributed by atoms with Crippen molar-refractivity contribution >= 4 is 44.6 Å². The van der Waals surface area contributed by atoms with Gasteiger partial charge in [0.1, 0.15) is 0 Å². The fraction of sp³-hybridized carbons (Fsp3) is 0.174. The number of aromatic nitrogens is 4. The summed E-state index contributed by atoms with van der Waals surface area (Å²) in [5, 5.41) is 1.21. The number of para-hydroxylation sites is 1. The number of fused-ring (bicyclic) bond motifs is 1. The molecule has 0 fully saturated rings. The largest absolute Gasteiger partial charge is 0.361 e. The zero-order chi connectivity index (χ0) is 22.3. The molecular formula is C23H22FN4O2S2+. The molecule has 3 heterocycles. The molecule has 0 radical (unpaired) electrons. The van der Waals surface area contributed by atoms with Crippen molar-refractivity contribution in [2.24, 2.45) is 0 Å². The van der Waals surface area contributed by atoms with E-state index in [4.69, 9.17) is 0 Å². The van der Waals surface area contributed by atoms with E-state index in [1.165, 1.54) is 9.95 Å². The first-order valence-electron chi connectivity index (χ1n) is 10.1. The smallest absolute Gasteiger partial charge is 0.328 e. The molecule has 4 rings (SSSR count). The van der Waals surface area contributed by atoms with Crippen molar-refractivity contribution < 1.29 is 8.96 Å². The van der Waals surface area contributed by atoms with Crippen molar-refractivity contribution in [1.29, 1.82) is 0 Å². The van der Waals surface area contributed by atoms with Crippen LogP contribution in [0.15, 0.2) is 70.8 Å². The van der Waals surface area contributed by atoms with Crippen molar-refractivity contribution in [3.63, 3.8) is 0 Å². The third-order valence-electron chi connectivity index (χ3n) is 4.89. The Kier molecular flexibility index (Phi) is 7.28. The highest BCUT2D eigenvalue weighted by molar-refractivity contribution is 8.76. The molecule has 2 N–H and O–H groups in total. The van der Waals surface area contributed by atoms with E-state index < -0.39 is 17.1 Å². The Morgan fingerprint density at radius 1 is 1.03 bits per heavy atom. The van der Waals surface area contributed by atoms with Crippen LogP contribution in [0.25, 0.3) is 23.1 Å². The lowest BCUT2D eigenvalue weighted by Gasteiger charge is -2.04. The molecule has 0 aliphatic carbocycles. The lowest BCUT2D eigenvalue weighted by Crippen LogP contribution is -2.33. The summed E-state index contributed by atoms with van der Waals surface area (Å²) in [6.45, 7) is 1.20. The van der Waals surface area contributed by atoms with Crippen molar-refractivity contribution in [3.8, 4) is 0 Å². The van der Waals surface area contributed by atoms with Crippen LogP contribution in [0.4, 0.5) is 4.39 Å². The van der Waals surface area contributed by atoms with Crippen LogP contribution >= 0.6 is 21.6 Å². The molecule has 0 bridgehead atoms. The standard InChI is InChI=1S/C23H21FN4O2S2/c24-20-16-28(23(30)26-22(20)29)12-14-32-31-13-11-27-9-7-17(8-10-27)5-6-18-15-25-21-4-2-1-3-19(18)21/h1-10,15-16H,11-14H2,(H,26,29,30)/p+1.